The fraction of sp³-hybridized carbons (Fsp3) is 0.667. The van der Waals surface area contributed by atoms with Crippen molar-refractivity contribution in [2.24, 2.45) is 5.92 Å². The Hall–Kier alpha value is -1.06. The van der Waals surface area contributed by atoms with E-state index in [1.165, 1.54) is 57.1 Å². The van der Waals surface area contributed by atoms with Gasteiger partial charge in [-0.2, -0.15) is 0 Å². The van der Waals surface area contributed by atoms with Crippen molar-refractivity contribution >= 4 is 0 Å². The molecule has 4 rings (SSSR count). The fourth-order valence-corrected chi connectivity index (χ4v) is 4.41. The number of aromatic hydroxyl groups is 1. The first kappa shape index (κ1) is 13.6. The number of benzene rings is 1. The number of hydrogen-bond donors (Lipinski definition) is 2. The van der Waals surface area contributed by atoms with Crippen LogP contribution < -0.4 is 5.43 Å². The second-order valence-electron chi connectivity index (χ2n) is 7.27. The third kappa shape index (κ3) is 2.58. The minimum absolute atomic E-state index is 0.233. The molecule has 1 heterocycles. The fourth-order valence-electron chi connectivity index (χ4n) is 4.41. The molecule has 3 nitrogen and oxygen atoms in total. The van der Waals surface area contributed by atoms with Crippen LogP contribution in [0, 0.1) is 5.92 Å². The second kappa shape index (κ2) is 5.29. The number of nitrogens with zero attached hydrogens (tertiary/aromatic N) is 1. The molecule has 0 amide bonds. The summed E-state index contributed by atoms with van der Waals surface area (Å²) in [5.41, 5.74) is 5.41. The predicted molar refractivity (Wildman–Crippen MR) is 84.1 cm³/mol. The molecule has 1 aromatic carbocycles. The lowest BCUT2D eigenvalue weighted by molar-refractivity contribution is 0.0251. The van der Waals surface area contributed by atoms with Crippen LogP contribution in [-0.2, 0) is 5.41 Å². The van der Waals surface area contributed by atoms with Crippen LogP contribution in [0.3, 0.4) is 0 Å². The lowest BCUT2D eigenvalue weighted by Gasteiger charge is -2.51. The van der Waals surface area contributed by atoms with E-state index in [1.807, 2.05) is 12.1 Å². The molecule has 0 spiro atoms. The highest BCUT2D eigenvalue weighted by atomic mass is 16.3. The van der Waals surface area contributed by atoms with Gasteiger partial charge in [-0.3, -0.25) is 5.43 Å². The molecule has 1 aromatic rings. The Morgan fingerprint density at radius 1 is 1.19 bits per heavy atom. The molecular weight excluding hydrogens is 260 g/mol. The summed E-state index contributed by atoms with van der Waals surface area (Å²) in [5.74, 6) is 1.35. The standard InChI is InChI=1S/C18H26N2O/c21-16-5-3-4-15(12-16)18-9-2-1-6-17(18)19-20(11-10-18)13-14-7-8-14/h3-5,12,14,17,19,21H,1-2,6-11,13H2. The molecule has 0 bridgehead atoms. The lowest BCUT2D eigenvalue weighted by atomic mass is 9.63. The molecule has 0 radical (unpaired) electrons. The van der Waals surface area contributed by atoms with Gasteiger partial charge in [-0.1, -0.05) is 25.0 Å². The molecule has 1 aliphatic heterocycles. The summed E-state index contributed by atoms with van der Waals surface area (Å²) < 4.78 is 0. The number of hydrazine groups is 1. The normalized spacial score (nSPS) is 33.6. The van der Waals surface area contributed by atoms with E-state index in [0.717, 1.165) is 12.5 Å². The van der Waals surface area contributed by atoms with Gasteiger partial charge in [0.2, 0.25) is 0 Å². The van der Waals surface area contributed by atoms with Gasteiger partial charge in [0.15, 0.2) is 0 Å². The molecule has 0 aromatic heterocycles. The van der Waals surface area contributed by atoms with Crippen molar-refractivity contribution in [2.45, 2.75) is 56.4 Å². The van der Waals surface area contributed by atoms with E-state index in [0.29, 0.717) is 11.8 Å². The zero-order valence-electron chi connectivity index (χ0n) is 12.7. The molecule has 2 N–H and O–H groups in total. The number of nitrogens with one attached hydrogen (secondary N) is 1. The second-order valence-corrected chi connectivity index (χ2v) is 7.27. The molecule has 3 heteroatoms. The van der Waals surface area contributed by atoms with E-state index in [4.69, 9.17) is 0 Å². The molecule has 2 unspecified atom stereocenters. The van der Waals surface area contributed by atoms with Crippen molar-refractivity contribution in [1.29, 1.82) is 0 Å². The van der Waals surface area contributed by atoms with Crippen molar-refractivity contribution in [3.05, 3.63) is 29.8 Å². The van der Waals surface area contributed by atoms with Gasteiger partial charge in [0.1, 0.15) is 5.75 Å². The van der Waals surface area contributed by atoms with Crippen LogP contribution in [0.25, 0.3) is 0 Å². The van der Waals surface area contributed by atoms with Crippen LogP contribution >= 0.6 is 0 Å². The maximum atomic E-state index is 9.88. The largest absolute Gasteiger partial charge is 0.508 e. The molecule has 2 saturated carbocycles. The minimum Gasteiger partial charge on any atom is -0.508 e. The molecular formula is C18H26N2O. The van der Waals surface area contributed by atoms with Crippen LogP contribution in [-0.4, -0.2) is 29.2 Å². The van der Waals surface area contributed by atoms with Crippen LogP contribution in [0.2, 0.25) is 0 Å². The monoisotopic (exact) mass is 286 g/mol. The maximum absolute atomic E-state index is 9.88. The number of rotatable bonds is 3. The third-order valence-electron chi connectivity index (χ3n) is 5.80. The van der Waals surface area contributed by atoms with E-state index >= 15 is 0 Å². The highest BCUT2D eigenvalue weighted by Gasteiger charge is 2.46. The Balaban J connectivity index is 1.59. The van der Waals surface area contributed by atoms with Crippen molar-refractivity contribution < 1.29 is 5.11 Å². The Bertz CT molecular complexity index is 514. The Morgan fingerprint density at radius 3 is 2.90 bits per heavy atom. The summed E-state index contributed by atoms with van der Waals surface area (Å²) in [4.78, 5) is 0. The van der Waals surface area contributed by atoms with Gasteiger partial charge in [-0.15, -0.1) is 0 Å². The molecule has 2 atom stereocenters. The molecule has 114 valence electrons. The van der Waals surface area contributed by atoms with Crippen molar-refractivity contribution in [1.82, 2.24) is 10.4 Å². The van der Waals surface area contributed by atoms with Crippen LogP contribution in [0.1, 0.15) is 50.5 Å². The van der Waals surface area contributed by atoms with Crippen molar-refractivity contribution in [3.8, 4) is 5.75 Å². The SMILES string of the molecule is Oc1cccc(C23CCCCC2NN(CC2CC2)CC3)c1. The highest BCUT2D eigenvalue weighted by molar-refractivity contribution is 5.35. The molecule has 3 fully saturated rings. The van der Waals surface area contributed by atoms with Gasteiger partial charge in [-0.05, 0) is 55.7 Å². The van der Waals surface area contributed by atoms with Crippen LogP contribution in [0.4, 0.5) is 0 Å². The summed E-state index contributed by atoms with van der Waals surface area (Å²) in [6.45, 7) is 2.37. The maximum Gasteiger partial charge on any atom is 0.115 e. The number of phenolic OH excluding ortho intramolecular Hbond substituents is 1. The average molecular weight is 286 g/mol. The third-order valence-corrected chi connectivity index (χ3v) is 5.80. The van der Waals surface area contributed by atoms with E-state index in [1.54, 1.807) is 6.07 Å². The zero-order valence-corrected chi connectivity index (χ0v) is 12.7. The summed E-state index contributed by atoms with van der Waals surface area (Å²) in [7, 11) is 0. The van der Waals surface area contributed by atoms with E-state index in [2.05, 4.69) is 16.5 Å². The number of hydrogen-bond acceptors (Lipinski definition) is 3. The van der Waals surface area contributed by atoms with Crippen LogP contribution in [0.5, 0.6) is 5.75 Å². The first-order valence-corrected chi connectivity index (χ1v) is 8.57. The van der Waals surface area contributed by atoms with E-state index < -0.39 is 0 Å². The van der Waals surface area contributed by atoms with Gasteiger partial charge in [0.25, 0.3) is 0 Å². The summed E-state index contributed by atoms with van der Waals surface area (Å²) in [5, 5.41) is 12.4. The Kier molecular flexibility index (Phi) is 3.43. The van der Waals surface area contributed by atoms with E-state index in [-0.39, 0.29) is 5.41 Å². The number of fused-ring (bicyclic) bond motifs is 1. The topological polar surface area (TPSA) is 35.5 Å². The quantitative estimate of drug-likeness (QED) is 0.896. The van der Waals surface area contributed by atoms with Crippen LogP contribution in [0.15, 0.2) is 24.3 Å². The van der Waals surface area contributed by atoms with Crippen molar-refractivity contribution in [3.63, 3.8) is 0 Å². The Labute approximate surface area is 127 Å². The first-order chi connectivity index (χ1) is 10.3. The highest BCUT2D eigenvalue weighted by Crippen LogP contribution is 2.45. The molecule has 1 saturated heterocycles. The minimum atomic E-state index is 0.233. The van der Waals surface area contributed by atoms with Gasteiger partial charge < -0.3 is 5.11 Å². The summed E-state index contributed by atoms with van der Waals surface area (Å²) in [6.07, 6.45) is 9.22. The zero-order chi connectivity index (χ0) is 14.3. The lowest BCUT2D eigenvalue weighted by Crippen LogP contribution is -2.62. The first-order valence-electron chi connectivity index (χ1n) is 8.57. The van der Waals surface area contributed by atoms with E-state index in [9.17, 15) is 5.11 Å². The van der Waals surface area contributed by atoms with Gasteiger partial charge in [-0.25, -0.2) is 5.01 Å². The van der Waals surface area contributed by atoms with Crippen molar-refractivity contribution in [2.75, 3.05) is 13.1 Å². The van der Waals surface area contributed by atoms with Gasteiger partial charge in [0, 0.05) is 24.5 Å². The Morgan fingerprint density at radius 2 is 2.10 bits per heavy atom. The van der Waals surface area contributed by atoms with Gasteiger partial charge in [0.05, 0.1) is 0 Å². The van der Waals surface area contributed by atoms with Gasteiger partial charge >= 0.3 is 0 Å². The molecule has 2 aliphatic carbocycles. The summed E-state index contributed by atoms with van der Waals surface area (Å²) >= 11 is 0. The number of phenols is 1. The molecule has 3 aliphatic rings. The average Bonchev–Trinajstić information content (AvgIpc) is 3.31. The molecule has 21 heavy (non-hydrogen) atoms. The predicted octanol–water partition coefficient (Wildman–Crippen LogP) is 3.19. The smallest absolute Gasteiger partial charge is 0.115 e. The summed E-state index contributed by atoms with van der Waals surface area (Å²) in [6, 6.07) is 8.54.